The number of rotatable bonds is 4. The van der Waals surface area contributed by atoms with E-state index in [1.54, 1.807) is 0 Å². The van der Waals surface area contributed by atoms with E-state index >= 15 is 0 Å². The van der Waals surface area contributed by atoms with Crippen LogP contribution in [-0.2, 0) is 10.8 Å². The Labute approximate surface area is 252 Å². The molecule has 43 heavy (non-hydrogen) atoms. The first kappa shape index (κ1) is 27.0. The molecule has 3 heterocycles. The second-order valence-electron chi connectivity index (χ2n) is 13.4. The number of imidazole rings is 1. The van der Waals surface area contributed by atoms with Crippen LogP contribution in [0.4, 0.5) is 0 Å². The number of pyridine rings is 1. The molecule has 0 bridgehead atoms. The zero-order valence-electron chi connectivity index (χ0n) is 25.6. The quantitative estimate of drug-likeness (QED) is 0.214. The van der Waals surface area contributed by atoms with Gasteiger partial charge in [-0.3, -0.25) is 9.13 Å². The van der Waals surface area contributed by atoms with Crippen LogP contribution in [0.25, 0.3) is 44.3 Å². The third kappa shape index (κ3) is 4.85. The molecule has 0 radical (unpaired) electrons. The molecule has 7 aromatic rings. The van der Waals surface area contributed by atoms with Crippen molar-refractivity contribution >= 4 is 32.8 Å². The second kappa shape index (κ2) is 9.84. The summed E-state index contributed by atoms with van der Waals surface area (Å²) in [6, 6.07) is 33.8. The highest BCUT2D eigenvalue weighted by Crippen LogP contribution is 2.38. The lowest BCUT2D eigenvalue weighted by atomic mass is 9.86. The van der Waals surface area contributed by atoms with Crippen molar-refractivity contribution in [1.82, 2.24) is 19.1 Å². The van der Waals surface area contributed by atoms with Crippen LogP contribution in [-0.4, -0.2) is 19.1 Å². The van der Waals surface area contributed by atoms with E-state index in [2.05, 4.69) is 122 Å². The molecule has 0 fully saturated rings. The highest BCUT2D eigenvalue weighted by atomic mass is 16.5. The van der Waals surface area contributed by atoms with Crippen molar-refractivity contribution < 1.29 is 4.74 Å². The third-order valence-electron chi connectivity index (χ3n) is 8.23. The molecule has 4 aromatic carbocycles. The second-order valence-corrected chi connectivity index (χ2v) is 13.4. The molecule has 0 aliphatic carbocycles. The highest BCUT2D eigenvalue weighted by molar-refractivity contribution is 6.09. The van der Waals surface area contributed by atoms with Gasteiger partial charge >= 0.3 is 0 Å². The first-order chi connectivity index (χ1) is 20.6. The molecule has 0 saturated carbocycles. The maximum absolute atomic E-state index is 6.51. The molecule has 0 amide bonds. The fourth-order valence-corrected chi connectivity index (χ4v) is 5.78. The van der Waals surface area contributed by atoms with Crippen LogP contribution in [0.2, 0.25) is 0 Å². The van der Waals surface area contributed by atoms with Crippen LogP contribution < -0.4 is 4.74 Å². The van der Waals surface area contributed by atoms with E-state index in [-0.39, 0.29) is 10.8 Å². The van der Waals surface area contributed by atoms with Crippen molar-refractivity contribution in [2.45, 2.75) is 52.4 Å². The standard InChI is InChI=1S/C38H36N4O/c1-37(2,3)25-14-17-33-31(20-25)30-16-15-29(23-35(30)42(33)36-21-26(18-19-39-36)38(4,5)6)43-28-11-9-10-27(22-28)41-24-40-32-12-7-8-13-34(32)41/h7-24H,1-6H3. The Bertz CT molecular complexity index is 2140. The first-order valence-electron chi connectivity index (χ1n) is 14.8. The molecule has 5 nitrogen and oxygen atoms in total. The van der Waals surface area contributed by atoms with Gasteiger partial charge in [0.05, 0.1) is 27.8 Å². The molecule has 0 unspecified atom stereocenters. The summed E-state index contributed by atoms with van der Waals surface area (Å²) in [4.78, 5) is 9.42. The Balaban J connectivity index is 1.36. The van der Waals surface area contributed by atoms with Gasteiger partial charge in [-0.25, -0.2) is 9.97 Å². The molecule has 0 N–H and O–H groups in total. The lowest BCUT2D eigenvalue weighted by Gasteiger charge is -2.20. The fraction of sp³-hybridized carbons (Fsp3) is 0.211. The summed E-state index contributed by atoms with van der Waals surface area (Å²) in [5.41, 5.74) is 7.82. The minimum Gasteiger partial charge on any atom is -0.457 e. The number of hydrogen-bond donors (Lipinski definition) is 0. The zero-order chi connectivity index (χ0) is 29.9. The van der Waals surface area contributed by atoms with Crippen LogP contribution in [0.1, 0.15) is 52.7 Å². The number of nitrogens with zero attached hydrogens (tertiary/aromatic N) is 4. The molecule has 7 rings (SSSR count). The van der Waals surface area contributed by atoms with Crippen LogP contribution in [0.15, 0.2) is 110 Å². The number of ether oxygens (including phenoxy) is 1. The summed E-state index contributed by atoms with van der Waals surface area (Å²) >= 11 is 0. The largest absolute Gasteiger partial charge is 0.457 e. The van der Waals surface area contributed by atoms with Crippen LogP contribution >= 0.6 is 0 Å². The summed E-state index contributed by atoms with van der Waals surface area (Å²) in [5.74, 6) is 2.44. The molecule has 0 aliphatic heterocycles. The molecule has 5 heteroatoms. The van der Waals surface area contributed by atoms with Crippen molar-refractivity contribution in [3.05, 3.63) is 121 Å². The molecular formula is C38H36N4O. The molecule has 214 valence electrons. The summed E-state index contributed by atoms with van der Waals surface area (Å²) in [5, 5.41) is 2.39. The SMILES string of the molecule is CC(C)(C)c1ccnc(-n2c3ccc(C(C)(C)C)cc3c3ccc(Oc4cccc(-n5cnc6ccccc65)c4)cc32)c1. The van der Waals surface area contributed by atoms with Gasteiger partial charge in [0.2, 0.25) is 0 Å². The van der Waals surface area contributed by atoms with Crippen molar-refractivity contribution in [2.75, 3.05) is 0 Å². The number of para-hydroxylation sites is 2. The molecule has 0 saturated heterocycles. The first-order valence-corrected chi connectivity index (χ1v) is 14.8. The monoisotopic (exact) mass is 564 g/mol. The smallest absolute Gasteiger partial charge is 0.137 e. The topological polar surface area (TPSA) is 44.9 Å². The van der Waals surface area contributed by atoms with Crippen LogP contribution in [0.3, 0.4) is 0 Å². The van der Waals surface area contributed by atoms with E-state index in [1.165, 1.54) is 21.9 Å². The minimum atomic E-state index is 0.00963. The van der Waals surface area contributed by atoms with Gasteiger partial charge in [0.25, 0.3) is 0 Å². The fourth-order valence-electron chi connectivity index (χ4n) is 5.78. The van der Waals surface area contributed by atoms with Crippen molar-refractivity contribution in [2.24, 2.45) is 0 Å². The van der Waals surface area contributed by atoms with E-state index in [4.69, 9.17) is 9.72 Å². The highest BCUT2D eigenvalue weighted by Gasteiger charge is 2.21. The van der Waals surface area contributed by atoms with E-state index in [9.17, 15) is 0 Å². The molecule has 0 aliphatic rings. The molecule has 3 aromatic heterocycles. The number of aromatic nitrogens is 4. The summed E-state index contributed by atoms with van der Waals surface area (Å²) in [6.07, 6.45) is 3.78. The van der Waals surface area contributed by atoms with E-state index in [0.29, 0.717) is 0 Å². The zero-order valence-corrected chi connectivity index (χ0v) is 25.6. The average molecular weight is 565 g/mol. The Morgan fingerprint density at radius 1 is 0.581 bits per heavy atom. The van der Waals surface area contributed by atoms with Gasteiger partial charge in [-0.2, -0.15) is 0 Å². The Morgan fingerprint density at radius 2 is 1.35 bits per heavy atom. The van der Waals surface area contributed by atoms with E-state index < -0.39 is 0 Å². The predicted molar refractivity (Wildman–Crippen MR) is 177 cm³/mol. The van der Waals surface area contributed by atoms with E-state index in [0.717, 1.165) is 45.1 Å². The van der Waals surface area contributed by atoms with Gasteiger partial charge in [0.15, 0.2) is 0 Å². The van der Waals surface area contributed by atoms with Crippen molar-refractivity contribution in [3.63, 3.8) is 0 Å². The Hall–Kier alpha value is -4.90. The molecule has 0 spiro atoms. The summed E-state index contributed by atoms with van der Waals surface area (Å²) in [7, 11) is 0. The summed E-state index contributed by atoms with van der Waals surface area (Å²) in [6.45, 7) is 13.5. The van der Waals surface area contributed by atoms with Gasteiger partial charge in [-0.05, 0) is 82.6 Å². The minimum absolute atomic E-state index is 0.00963. The number of fused-ring (bicyclic) bond motifs is 4. The molecule has 0 atom stereocenters. The number of benzene rings is 4. The van der Waals surface area contributed by atoms with Gasteiger partial charge in [0, 0.05) is 29.1 Å². The Kier molecular flexibility index (Phi) is 6.17. The lowest BCUT2D eigenvalue weighted by molar-refractivity contribution is 0.483. The van der Waals surface area contributed by atoms with Gasteiger partial charge < -0.3 is 4.74 Å². The van der Waals surface area contributed by atoms with Crippen LogP contribution in [0.5, 0.6) is 11.5 Å². The maximum atomic E-state index is 6.51. The van der Waals surface area contributed by atoms with Crippen molar-refractivity contribution in [1.29, 1.82) is 0 Å². The third-order valence-corrected chi connectivity index (χ3v) is 8.23. The maximum Gasteiger partial charge on any atom is 0.137 e. The average Bonchev–Trinajstić information content (AvgIpc) is 3.55. The van der Waals surface area contributed by atoms with E-state index in [1.807, 2.05) is 42.9 Å². The summed E-state index contributed by atoms with van der Waals surface area (Å²) < 4.78 is 10.9. The lowest BCUT2D eigenvalue weighted by Crippen LogP contribution is -2.12. The van der Waals surface area contributed by atoms with Crippen LogP contribution in [0, 0.1) is 0 Å². The number of hydrogen-bond acceptors (Lipinski definition) is 3. The van der Waals surface area contributed by atoms with Gasteiger partial charge in [-0.1, -0.05) is 65.8 Å². The van der Waals surface area contributed by atoms with Gasteiger partial charge in [0.1, 0.15) is 23.6 Å². The normalized spacial score (nSPS) is 12.4. The predicted octanol–water partition coefficient (Wildman–Crippen LogP) is 9.90. The van der Waals surface area contributed by atoms with Crippen molar-refractivity contribution in [3.8, 4) is 23.0 Å². The van der Waals surface area contributed by atoms with Gasteiger partial charge in [-0.15, -0.1) is 0 Å². The molecular weight excluding hydrogens is 528 g/mol. The Morgan fingerprint density at radius 3 is 2.16 bits per heavy atom.